The second-order valence-corrected chi connectivity index (χ2v) is 5.04. The maximum absolute atomic E-state index is 12.3. The number of hydrogen-bond donors (Lipinski definition) is 0. The van der Waals surface area contributed by atoms with Crippen LogP contribution in [0.1, 0.15) is 32.1 Å². The third kappa shape index (κ3) is 3.05. The Morgan fingerprint density at radius 1 is 1.37 bits per heavy atom. The lowest BCUT2D eigenvalue weighted by Gasteiger charge is -2.42. The summed E-state index contributed by atoms with van der Waals surface area (Å²) in [5.41, 5.74) is 0. The Hall–Kier alpha value is -1.59. The molecule has 0 bridgehead atoms. The van der Waals surface area contributed by atoms with Crippen molar-refractivity contribution in [1.82, 2.24) is 9.80 Å². The molecule has 1 atom stereocenters. The highest BCUT2D eigenvalue weighted by Gasteiger charge is 2.39. The molecule has 2 fully saturated rings. The van der Waals surface area contributed by atoms with Gasteiger partial charge < -0.3 is 14.5 Å². The van der Waals surface area contributed by atoms with Crippen molar-refractivity contribution in [3.8, 4) is 0 Å². The number of piperazine rings is 1. The Labute approximate surface area is 112 Å². The predicted molar refractivity (Wildman–Crippen MR) is 67.2 cm³/mol. The molecule has 2 aliphatic rings. The van der Waals surface area contributed by atoms with Crippen molar-refractivity contribution < 1.29 is 19.1 Å². The van der Waals surface area contributed by atoms with Crippen molar-refractivity contribution in [2.45, 2.75) is 38.1 Å². The minimum absolute atomic E-state index is 0.0300. The van der Waals surface area contributed by atoms with Crippen LogP contribution in [0.4, 0.5) is 0 Å². The van der Waals surface area contributed by atoms with E-state index in [1.54, 1.807) is 9.80 Å². The average Bonchev–Trinajstić information content (AvgIpc) is 2.44. The molecular weight excluding hydrogens is 248 g/mol. The zero-order chi connectivity index (χ0) is 13.8. The van der Waals surface area contributed by atoms with Gasteiger partial charge in [-0.1, -0.05) is 0 Å². The summed E-state index contributed by atoms with van der Waals surface area (Å²) in [5.74, 6) is -0.221. The molecular formula is C13H20N2O4. The predicted octanol–water partition coefficient (Wildman–Crippen LogP) is 0.163. The zero-order valence-corrected chi connectivity index (χ0v) is 11.3. The van der Waals surface area contributed by atoms with Crippen molar-refractivity contribution in [1.29, 1.82) is 0 Å². The first-order valence-corrected chi connectivity index (χ1v) is 6.78. The van der Waals surface area contributed by atoms with E-state index in [2.05, 4.69) is 4.74 Å². The molecule has 0 saturated carbocycles. The van der Waals surface area contributed by atoms with E-state index >= 15 is 0 Å². The van der Waals surface area contributed by atoms with Crippen molar-refractivity contribution in [2.75, 3.05) is 26.7 Å². The molecule has 0 aromatic heterocycles. The van der Waals surface area contributed by atoms with E-state index in [0.717, 1.165) is 19.3 Å². The van der Waals surface area contributed by atoms with Crippen LogP contribution < -0.4 is 0 Å². The average molecular weight is 268 g/mol. The summed E-state index contributed by atoms with van der Waals surface area (Å²) in [4.78, 5) is 38.6. The van der Waals surface area contributed by atoms with Gasteiger partial charge >= 0.3 is 5.97 Å². The summed E-state index contributed by atoms with van der Waals surface area (Å²) in [5, 5.41) is 0. The van der Waals surface area contributed by atoms with Crippen LogP contribution in [0.3, 0.4) is 0 Å². The molecule has 2 rings (SSSR count). The van der Waals surface area contributed by atoms with Crippen LogP contribution in [0.5, 0.6) is 0 Å². The van der Waals surface area contributed by atoms with E-state index in [4.69, 9.17) is 0 Å². The molecule has 2 saturated heterocycles. The van der Waals surface area contributed by atoms with Gasteiger partial charge in [0.25, 0.3) is 0 Å². The maximum Gasteiger partial charge on any atom is 0.305 e. The monoisotopic (exact) mass is 268 g/mol. The van der Waals surface area contributed by atoms with E-state index in [1.165, 1.54) is 7.11 Å². The van der Waals surface area contributed by atoms with Crippen molar-refractivity contribution in [3.63, 3.8) is 0 Å². The fourth-order valence-corrected chi connectivity index (χ4v) is 2.74. The smallest absolute Gasteiger partial charge is 0.305 e. The standard InChI is InChI=1S/C13H20N2O4/c1-19-12(17)6-4-7-14-9-11(16)15-8-3-2-5-10(15)13(14)18/h10H,2-9H2,1H3. The number of nitrogens with zero attached hydrogens (tertiary/aromatic N) is 2. The summed E-state index contributed by atoms with van der Waals surface area (Å²) in [6, 6.07) is -0.270. The molecule has 0 aromatic carbocycles. The Morgan fingerprint density at radius 2 is 2.16 bits per heavy atom. The first-order valence-electron chi connectivity index (χ1n) is 6.78. The number of rotatable bonds is 4. The zero-order valence-electron chi connectivity index (χ0n) is 11.3. The lowest BCUT2D eigenvalue weighted by Crippen LogP contribution is -2.61. The highest BCUT2D eigenvalue weighted by Crippen LogP contribution is 2.23. The number of amides is 2. The Bertz CT molecular complexity index is 383. The van der Waals surface area contributed by atoms with Gasteiger partial charge in [0.15, 0.2) is 0 Å². The van der Waals surface area contributed by atoms with Gasteiger partial charge in [0.1, 0.15) is 6.04 Å². The number of fused-ring (bicyclic) bond motifs is 1. The van der Waals surface area contributed by atoms with Crippen LogP contribution in [0.2, 0.25) is 0 Å². The molecule has 0 aromatic rings. The first kappa shape index (κ1) is 13.8. The van der Waals surface area contributed by atoms with E-state index in [0.29, 0.717) is 19.5 Å². The van der Waals surface area contributed by atoms with Gasteiger partial charge in [0.05, 0.1) is 13.7 Å². The normalized spacial score (nSPS) is 23.3. The lowest BCUT2D eigenvalue weighted by atomic mass is 9.98. The number of carbonyl (C=O) groups excluding carboxylic acids is 3. The maximum atomic E-state index is 12.3. The molecule has 6 heteroatoms. The number of hydrogen-bond acceptors (Lipinski definition) is 4. The Kier molecular flexibility index (Phi) is 4.39. The fourth-order valence-electron chi connectivity index (χ4n) is 2.74. The number of carbonyl (C=O) groups is 3. The molecule has 1 unspecified atom stereocenters. The van der Waals surface area contributed by atoms with Crippen molar-refractivity contribution >= 4 is 17.8 Å². The van der Waals surface area contributed by atoms with Gasteiger partial charge in [-0.2, -0.15) is 0 Å². The molecule has 6 nitrogen and oxygen atoms in total. The minimum atomic E-state index is -0.282. The summed E-state index contributed by atoms with van der Waals surface area (Å²) < 4.78 is 4.56. The van der Waals surface area contributed by atoms with E-state index in [-0.39, 0.29) is 36.8 Å². The topological polar surface area (TPSA) is 66.9 Å². The van der Waals surface area contributed by atoms with Crippen LogP contribution in [-0.2, 0) is 19.1 Å². The molecule has 0 N–H and O–H groups in total. The molecule has 19 heavy (non-hydrogen) atoms. The SMILES string of the molecule is COC(=O)CCCN1CC(=O)N2CCCCC2C1=O. The van der Waals surface area contributed by atoms with Crippen LogP contribution in [0.15, 0.2) is 0 Å². The van der Waals surface area contributed by atoms with Crippen molar-refractivity contribution in [3.05, 3.63) is 0 Å². The van der Waals surface area contributed by atoms with Gasteiger partial charge in [-0.3, -0.25) is 14.4 Å². The lowest BCUT2D eigenvalue weighted by molar-refractivity contribution is -0.158. The van der Waals surface area contributed by atoms with Crippen LogP contribution in [-0.4, -0.2) is 60.4 Å². The summed E-state index contributed by atoms with van der Waals surface area (Å²) in [7, 11) is 1.35. The molecule has 0 aliphatic carbocycles. The van der Waals surface area contributed by atoms with Crippen LogP contribution >= 0.6 is 0 Å². The number of piperidine rings is 1. The molecule has 0 radical (unpaired) electrons. The van der Waals surface area contributed by atoms with Crippen LogP contribution in [0, 0.1) is 0 Å². The molecule has 106 valence electrons. The van der Waals surface area contributed by atoms with Crippen LogP contribution in [0.25, 0.3) is 0 Å². The minimum Gasteiger partial charge on any atom is -0.469 e. The Morgan fingerprint density at radius 3 is 2.89 bits per heavy atom. The number of ether oxygens (including phenoxy) is 1. The first-order chi connectivity index (χ1) is 9.13. The van der Waals surface area contributed by atoms with Gasteiger partial charge in [-0.15, -0.1) is 0 Å². The largest absolute Gasteiger partial charge is 0.469 e. The number of esters is 1. The third-order valence-electron chi connectivity index (χ3n) is 3.78. The highest BCUT2D eigenvalue weighted by atomic mass is 16.5. The Balaban J connectivity index is 1.89. The summed E-state index contributed by atoms with van der Waals surface area (Å²) >= 11 is 0. The molecule has 2 aliphatic heterocycles. The number of methoxy groups -OCH3 is 1. The van der Waals surface area contributed by atoms with Crippen molar-refractivity contribution in [2.24, 2.45) is 0 Å². The second kappa shape index (κ2) is 6.04. The van der Waals surface area contributed by atoms with E-state index in [9.17, 15) is 14.4 Å². The highest BCUT2D eigenvalue weighted by molar-refractivity contribution is 5.95. The third-order valence-corrected chi connectivity index (χ3v) is 3.78. The van der Waals surface area contributed by atoms with Gasteiger partial charge in [-0.05, 0) is 25.7 Å². The van der Waals surface area contributed by atoms with Gasteiger partial charge in [0, 0.05) is 19.5 Å². The summed E-state index contributed by atoms with van der Waals surface area (Å²) in [6.07, 6.45) is 3.56. The molecule has 2 heterocycles. The van der Waals surface area contributed by atoms with Gasteiger partial charge in [-0.25, -0.2) is 0 Å². The summed E-state index contributed by atoms with van der Waals surface area (Å²) in [6.45, 7) is 1.30. The fraction of sp³-hybridized carbons (Fsp3) is 0.769. The molecule has 0 spiro atoms. The second-order valence-electron chi connectivity index (χ2n) is 5.04. The molecule has 2 amide bonds. The van der Waals surface area contributed by atoms with E-state index in [1.807, 2.05) is 0 Å². The van der Waals surface area contributed by atoms with E-state index < -0.39 is 0 Å². The quantitative estimate of drug-likeness (QED) is 0.681. The van der Waals surface area contributed by atoms with Gasteiger partial charge in [0.2, 0.25) is 11.8 Å².